The Morgan fingerprint density at radius 2 is 2.17 bits per heavy atom. The standard InChI is InChI=1S/C13H19NO2S2/c1-2-17-13-8-4-3-7-12(13)14-11-6-5-9-18(15,16)10-11/h3-4,7-8,11,14H,2,5-6,9-10H2,1H3. The van der Waals surface area contributed by atoms with Gasteiger partial charge in [-0.3, -0.25) is 0 Å². The normalized spacial score (nSPS) is 22.6. The molecule has 1 aliphatic heterocycles. The van der Waals surface area contributed by atoms with Crippen LogP contribution in [-0.4, -0.2) is 31.7 Å². The van der Waals surface area contributed by atoms with Crippen LogP contribution in [0.5, 0.6) is 0 Å². The highest BCUT2D eigenvalue weighted by molar-refractivity contribution is 7.99. The van der Waals surface area contributed by atoms with Crippen LogP contribution in [0.2, 0.25) is 0 Å². The Kier molecular flexibility index (Phi) is 4.56. The average molecular weight is 285 g/mol. The van der Waals surface area contributed by atoms with Gasteiger partial charge in [-0.15, -0.1) is 11.8 Å². The van der Waals surface area contributed by atoms with Gasteiger partial charge in [-0.2, -0.15) is 0 Å². The predicted octanol–water partition coefficient (Wildman–Crippen LogP) is 2.79. The van der Waals surface area contributed by atoms with Gasteiger partial charge in [0.05, 0.1) is 11.5 Å². The van der Waals surface area contributed by atoms with Crippen LogP contribution in [0.15, 0.2) is 29.2 Å². The van der Waals surface area contributed by atoms with E-state index in [1.165, 1.54) is 4.90 Å². The summed E-state index contributed by atoms with van der Waals surface area (Å²) in [6, 6.07) is 8.16. The summed E-state index contributed by atoms with van der Waals surface area (Å²) in [5, 5.41) is 3.39. The molecule has 1 aromatic carbocycles. The van der Waals surface area contributed by atoms with Crippen LogP contribution in [0.25, 0.3) is 0 Å². The van der Waals surface area contributed by atoms with Crippen molar-refractivity contribution < 1.29 is 8.42 Å². The molecule has 5 heteroatoms. The molecule has 1 heterocycles. The first-order valence-electron chi connectivity index (χ1n) is 6.29. The SMILES string of the molecule is CCSc1ccccc1NC1CCCS(=O)(=O)C1. The Bertz CT molecular complexity index is 499. The molecular weight excluding hydrogens is 266 g/mol. The molecule has 1 saturated heterocycles. The van der Waals surface area contributed by atoms with Crippen molar-refractivity contribution in [3.8, 4) is 0 Å². The van der Waals surface area contributed by atoms with E-state index in [9.17, 15) is 8.42 Å². The highest BCUT2D eigenvalue weighted by Crippen LogP contribution is 2.28. The molecule has 1 fully saturated rings. The number of rotatable bonds is 4. The maximum atomic E-state index is 11.6. The second kappa shape index (κ2) is 5.97. The molecule has 1 atom stereocenters. The van der Waals surface area contributed by atoms with Gasteiger partial charge in [-0.1, -0.05) is 19.1 Å². The first kappa shape index (κ1) is 13.7. The molecule has 2 rings (SSSR count). The average Bonchev–Trinajstić information content (AvgIpc) is 2.31. The molecule has 0 aliphatic carbocycles. The Labute approximate surface area is 113 Å². The topological polar surface area (TPSA) is 46.2 Å². The number of sulfone groups is 1. The molecule has 18 heavy (non-hydrogen) atoms. The van der Waals surface area contributed by atoms with E-state index >= 15 is 0 Å². The highest BCUT2D eigenvalue weighted by Gasteiger charge is 2.24. The summed E-state index contributed by atoms with van der Waals surface area (Å²) >= 11 is 1.78. The smallest absolute Gasteiger partial charge is 0.152 e. The van der Waals surface area contributed by atoms with Gasteiger partial charge in [0.15, 0.2) is 9.84 Å². The fourth-order valence-corrected chi connectivity index (χ4v) is 4.63. The lowest BCUT2D eigenvalue weighted by molar-refractivity contribution is 0.562. The summed E-state index contributed by atoms with van der Waals surface area (Å²) in [7, 11) is -2.85. The molecule has 0 bridgehead atoms. The van der Waals surface area contributed by atoms with Crippen LogP contribution in [0.4, 0.5) is 5.69 Å². The fourth-order valence-electron chi connectivity index (χ4n) is 2.22. The number of para-hydroxylation sites is 1. The minimum absolute atomic E-state index is 0.0577. The van der Waals surface area contributed by atoms with Crippen molar-refractivity contribution in [1.29, 1.82) is 0 Å². The van der Waals surface area contributed by atoms with Crippen molar-refractivity contribution in [2.75, 3.05) is 22.6 Å². The van der Waals surface area contributed by atoms with Crippen LogP contribution in [0, 0.1) is 0 Å². The van der Waals surface area contributed by atoms with E-state index < -0.39 is 9.84 Å². The van der Waals surface area contributed by atoms with Crippen molar-refractivity contribution in [2.24, 2.45) is 0 Å². The van der Waals surface area contributed by atoms with Crippen LogP contribution < -0.4 is 5.32 Å². The molecule has 0 spiro atoms. The number of anilines is 1. The van der Waals surface area contributed by atoms with Crippen molar-refractivity contribution in [3.05, 3.63) is 24.3 Å². The van der Waals surface area contributed by atoms with Crippen molar-refractivity contribution in [3.63, 3.8) is 0 Å². The third-order valence-corrected chi connectivity index (χ3v) is 5.79. The van der Waals surface area contributed by atoms with Gasteiger partial charge in [0, 0.05) is 16.6 Å². The molecule has 3 nitrogen and oxygen atoms in total. The number of thioether (sulfide) groups is 1. The summed E-state index contributed by atoms with van der Waals surface area (Å²) < 4.78 is 23.2. The van der Waals surface area contributed by atoms with Gasteiger partial charge in [-0.25, -0.2) is 8.42 Å². The Balaban J connectivity index is 2.09. The summed E-state index contributed by atoms with van der Waals surface area (Å²) in [6.45, 7) is 2.12. The van der Waals surface area contributed by atoms with E-state index in [-0.39, 0.29) is 11.8 Å². The fraction of sp³-hybridized carbons (Fsp3) is 0.538. The summed E-state index contributed by atoms with van der Waals surface area (Å²) in [5.41, 5.74) is 1.06. The maximum absolute atomic E-state index is 11.6. The van der Waals surface area contributed by atoms with E-state index in [0.717, 1.165) is 24.3 Å². The third kappa shape index (κ3) is 3.65. The first-order valence-corrected chi connectivity index (χ1v) is 9.10. The molecule has 0 radical (unpaired) electrons. The van der Waals surface area contributed by atoms with E-state index in [4.69, 9.17) is 0 Å². The summed E-state index contributed by atoms with van der Waals surface area (Å²) in [4.78, 5) is 1.20. The molecule has 0 saturated carbocycles. The van der Waals surface area contributed by atoms with Gasteiger partial charge in [0.1, 0.15) is 0 Å². The van der Waals surface area contributed by atoms with Crippen molar-refractivity contribution in [2.45, 2.75) is 30.7 Å². The lowest BCUT2D eigenvalue weighted by Crippen LogP contribution is -2.34. The van der Waals surface area contributed by atoms with Crippen LogP contribution in [0.3, 0.4) is 0 Å². The third-order valence-electron chi connectivity index (χ3n) is 3.01. The number of hydrogen-bond acceptors (Lipinski definition) is 4. The van der Waals surface area contributed by atoms with E-state index in [1.54, 1.807) is 11.8 Å². The Hall–Kier alpha value is -0.680. The zero-order valence-electron chi connectivity index (χ0n) is 10.6. The number of nitrogens with one attached hydrogen (secondary N) is 1. The second-order valence-electron chi connectivity index (χ2n) is 4.53. The molecular formula is C13H19NO2S2. The van der Waals surface area contributed by atoms with E-state index in [0.29, 0.717) is 5.75 Å². The number of hydrogen-bond donors (Lipinski definition) is 1. The van der Waals surface area contributed by atoms with Crippen molar-refractivity contribution in [1.82, 2.24) is 0 Å². The molecule has 0 aromatic heterocycles. The van der Waals surface area contributed by atoms with E-state index in [2.05, 4.69) is 18.3 Å². The molecule has 100 valence electrons. The minimum Gasteiger partial charge on any atom is -0.380 e. The minimum atomic E-state index is -2.85. The van der Waals surface area contributed by atoms with Gasteiger partial charge in [0.25, 0.3) is 0 Å². The van der Waals surface area contributed by atoms with Gasteiger partial charge >= 0.3 is 0 Å². The Morgan fingerprint density at radius 1 is 1.39 bits per heavy atom. The summed E-state index contributed by atoms with van der Waals surface area (Å²) in [6.07, 6.45) is 1.70. The second-order valence-corrected chi connectivity index (χ2v) is 8.06. The summed E-state index contributed by atoms with van der Waals surface area (Å²) in [5.74, 6) is 1.62. The zero-order chi connectivity index (χ0) is 13.0. The predicted molar refractivity (Wildman–Crippen MR) is 78.1 cm³/mol. The monoisotopic (exact) mass is 285 g/mol. The Morgan fingerprint density at radius 3 is 2.89 bits per heavy atom. The molecule has 1 unspecified atom stereocenters. The lowest BCUT2D eigenvalue weighted by atomic mass is 10.1. The maximum Gasteiger partial charge on any atom is 0.152 e. The van der Waals surface area contributed by atoms with Gasteiger partial charge in [0.2, 0.25) is 0 Å². The quantitative estimate of drug-likeness (QED) is 0.864. The first-order chi connectivity index (χ1) is 8.61. The molecule has 1 N–H and O–H groups in total. The molecule has 1 aromatic rings. The largest absolute Gasteiger partial charge is 0.380 e. The number of benzene rings is 1. The lowest BCUT2D eigenvalue weighted by Gasteiger charge is -2.25. The van der Waals surface area contributed by atoms with Crippen LogP contribution in [0.1, 0.15) is 19.8 Å². The zero-order valence-corrected chi connectivity index (χ0v) is 12.2. The van der Waals surface area contributed by atoms with E-state index in [1.807, 2.05) is 18.2 Å². The highest BCUT2D eigenvalue weighted by atomic mass is 32.2. The van der Waals surface area contributed by atoms with Crippen LogP contribution >= 0.6 is 11.8 Å². The molecule has 0 amide bonds. The molecule has 1 aliphatic rings. The van der Waals surface area contributed by atoms with Gasteiger partial charge < -0.3 is 5.32 Å². The van der Waals surface area contributed by atoms with Crippen LogP contribution in [-0.2, 0) is 9.84 Å². The van der Waals surface area contributed by atoms with Gasteiger partial charge in [-0.05, 0) is 30.7 Å². The van der Waals surface area contributed by atoms with Crippen molar-refractivity contribution >= 4 is 27.3 Å².